The fourth-order valence-corrected chi connectivity index (χ4v) is 1.35. The van der Waals surface area contributed by atoms with E-state index in [0.717, 1.165) is 0 Å². The van der Waals surface area contributed by atoms with E-state index >= 15 is 0 Å². The lowest BCUT2D eigenvalue weighted by Gasteiger charge is -2.22. The molecule has 1 aromatic rings. The van der Waals surface area contributed by atoms with Crippen LogP contribution in [0.15, 0.2) is 24.4 Å². The second-order valence-corrected chi connectivity index (χ2v) is 4.82. The van der Waals surface area contributed by atoms with Gasteiger partial charge in [0, 0.05) is 6.20 Å². The van der Waals surface area contributed by atoms with Crippen molar-refractivity contribution < 1.29 is 9.53 Å². The van der Waals surface area contributed by atoms with Crippen molar-refractivity contribution in [1.29, 1.82) is 5.26 Å². The van der Waals surface area contributed by atoms with Crippen molar-refractivity contribution in [2.45, 2.75) is 38.8 Å². The molecular formula is C13H17N3O2. The number of pyridine rings is 1. The number of hydrogen-bond acceptors (Lipinski definition) is 4. The highest BCUT2D eigenvalue weighted by molar-refractivity contribution is 5.68. The molecule has 1 atom stereocenters. The Morgan fingerprint density at radius 3 is 2.78 bits per heavy atom. The van der Waals surface area contributed by atoms with Crippen LogP contribution in [-0.4, -0.2) is 16.7 Å². The average molecular weight is 247 g/mol. The number of rotatable bonds is 3. The van der Waals surface area contributed by atoms with Gasteiger partial charge in [0.15, 0.2) is 0 Å². The van der Waals surface area contributed by atoms with Crippen LogP contribution >= 0.6 is 0 Å². The molecule has 18 heavy (non-hydrogen) atoms. The number of alkyl carbamates (subject to hydrolysis) is 1. The molecule has 1 unspecified atom stereocenters. The number of aromatic nitrogens is 1. The molecule has 0 spiro atoms. The van der Waals surface area contributed by atoms with Gasteiger partial charge < -0.3 is 10.1 Å². The summed E-state index contributed by atoms with van der Waals surface area (Å²) in [6.45, 7) is 5.35. The molecule has 1 N–H and O–H groups in total. The van der Waals surface area contributed by atoms with Gasteiger partial charge in [0.1, 0.15) is 5.60 Å². The van der Waals surface area contributed by atoms with Crippen molar-refractivity contribution in [1.82, 2.24) is 10.3 Å². The van der Waals surface area contributed by atoms with E-state index in [1.54, 1.807) is 39.1 Å². The third-order valence-corrected chi connectivity index (χ3v) is 2.03. The SMILES string of the molecule is CC(C)(C)OC(=O)NC(CC#N)c1ccccn1. The minimum atomic E-state index is -0.564. The van der Waals surface area contributed by atoms with E-state index in [2.05, 4.69) is 10.3 Å². The number of nitrogens with one attached hydrogen (secondary N) is 1. The van der Waals surface area contributed by atoms with Crippen LogP contribution in [0.5, 0.6) is 0 Å². The van der Waals surface area contributed by atoms with Gasteiger partial charge in [-0.2, -0.15) is 5.26 Å². The molecule has 1 heterocycles. The third kappa shape index (κ3) is 4.83. The highest BCUT2D eigenvalue weighted by Gasteiger charge is 2.20. The molecule has 0 bridgehead atoms. The Morgan fingerprint density at radius 2 is 2.28 bits per heavy atom. The normalized spacial score (nSPS) is 12.3. The topological polar surface area (TPSA) is 75.0 Å². The van der Waals surface area contributed by atoms with Gasteiger partial charge in [0.2, 0.25) is 0 Å². The van der Waals surface area contributed by atoms with E-state index in [1.165, 1.54) is 0 Å². The lowest BCUT2D eigenvalue weighted by atomic mass is 10.1. The molecule has 1 amide bonds. The molecule has 0 fully saturated rings. The molecule has 0 aromatic carbocycles. The van der Waals surface area contributed by atoms with Crippen molar-refractivity contribution in [2.75, 3.05) is 0 Å². The Morgan fingerprint density at radius 1 is 1.56 bits per heavy atom. The number of nitrogens with zero attached hydrogens (tertiary/aromatic N) is 2. The first-order valence-corrected chi connectivity index (χ1v) is 5.70. The molecule has 0 aliphatic rings. The molecular weight excluding hydrogens is 230 g/mol. The van der Waals surface area contributed by atoms with E-state index in [4.69, 9.17) is 10.00 Å². The zero-order valence-corrected chi connectivity index (χ0v) is 10.8. The summed E-state index contributed by atoms with van der Waals surface area (Å²) >= 11 is 0. The zero-order chi connectivity index (χ0) is 13.6. The third-order valence-electron chi connectivity index (χ3n) is 2.03. The summed E-state index contributed by atoms with van der Waals surface area (Å²) in [5.74, 6) is 0. The van der Waals surface area contributed by atoms with Crippen LogP contribution in [0.4, 0.5) is 4.79 Å². The highest BCUT2D eigenvalue weighted by atomic mass is 16.6. The summed E-state index contributed by atoms with van der Waals surface area (Å²) in [6.07, 6.45) is 1.22. The molecule has 1 aromatic heterocycles. The molecule has 0 aliphatic carbocycles. The maximum atomic E-state index is 11.6. The Labute approximate surface area is 107 Å². The van der Waals surface area contributed by atoms with E-state index in [9.17, 15) is 4.79 Å². The molecule has 0 saturated carbocycles. The van der Waals surface area contributed by atoms with Gasteiger partial charge in [0.05, 0.1) is 24.2 Å². The van der Waals surface area contributed by atoms with Crippen LogP contribution in [0, 0.1) is 11.3 Å². The number of carbonyl (C=O) groups excluding carboxylic acids is 1. The highest BCUT2D eigenvalue weighted by Crippen LogP contribution is 2.15. The van der Waals surface area contributed by atoms with Crippen LogP contribution in [0.25, 0.3) is 0 Å². The predicted molar refractivity (Wildman–Crippen MR) is 66.6 cm³/mol. The van der Waals surface area contributed by atoms with E-state index < -0.39 is 17.7 Å². The predicted octanol–water partition coefficient (Wildman–Crippen LogP) is 2.56. The van der Waals surface area contributed by atoms with Crippen LogP contribution in [-0.2, 0) is 4.74 Å². The van der Waals surface area contributed by atoms with Crippen LogP contribution in [0.2, 0.25) is 0 Å². The number of hydrogen-bond donors (Lipinski definition) is 1. The van der Waals surface area contributed by atoms with Gasteiger partial charge in [-0.3, -0.25) is 4.98 Å². The largest absolute Gasteiger partial charge is 0.444 e. The maximum absolute atomic E-state index is 11.6. The molecule has 5 heteroatoms. The number of nitriles is 1. The fraction of sp³-hybridized carbons (Fsp3) is 0.462. The molecule has 5 nitrogen and oxygen atoms in total. The van der Waals surface area contributed by atoms with Crippen molar-refractivity contribution in [3.05, 3.63) is 30.1 Å². The monoisotopic (exact) mass is 247 g/mol. The lowest BCUT2D eigenvalue weighted by Crippen LogP contribution is -2.35. The fourth-order valence-electron chi connectivity index (χ4n) is 1.35. The summed E-state index contributed by atoms with van der Waals surface area (Å²) < 4.78 is 5.15. The molecule has 0 radical (unpaired) electrons. The number of amides is 1. The van der Waals surface area contributed by atoms with E-state index in [0.29, 0.717) is 5.69 Å². The summed E-state index contributed by atoms with van der Waals surface area (Å²) in [7, 11) is 0. The van der Waals surface area contributed by atoms with Crippen LogP contribution in [0.1, 0.15) is 38.9 Å². The zero-order valence-electron chi connectivity index (χ0n) is 10.8. The maximum Gasteiger partial charge on any atom is 0.408 e. The number of carbonyl (C=O) groups is 1. The smallest absolute Gasteiger partial charge is 0.408 e. The average Bonchev–Trinajstić information content (AvgIpc) is 2.27. The first-order chi connectivity index (χ1) is 8.42. The van der Waals surface area contributed by atoms with Crippen molar-refractivity contribution in [3.8, 4) is 6.07 Å². The Kier molecular flexibility index (Phi) is 4.67. The Bertz CT molecular complexity index is 432. The summed E-state index contributed by atoms with van der Waals surface area (Å²) in [6, 6.07) is 6.92. The second kappa shape index (κ2) is 6.01. The number of ether oxygens (including phenoxy) is 1. The van der Waals surface area contributed by atoms with E-state index in [-0.39, 0.29) is 6.42 Å². The summed E-state index contributed by atoms with van der Waals surface area (Å²) in [5.41, 5.74) is 0.0793. The molecule has 96 valence electrons. The van der Waals surface area contributed by atoms with Crippen LogP contribution in [0.3, 0.4) is 0 Å². The van der Waals surface area contributed by atoms with Crippen molar-refractivity contribution >= 4 is 6.09 Å². The van der Waals surface area contributed by atoms with Gasteiger partial charge in [-0.25, -0.2) is 4.79 Å². The molecule has 1 rings (SSSR count). The molecule has 0 aliphatic heterocycles. The lowest BCUT2D eigenvalue weighted by molar-refractivity contribution is 0.0503. The summed E-state index contributed by atoms with van der Waals surface area (Å²) in [5, 5.41) is 11.4. The van der Waals surface area contributed by atoms with Gasteiger partial charge in [-0.05, 0) is 32.9 Å². The quantitative estimate of drug-likeness (QED) is 0.890. The molecule has 0 saturated heterocycles. The van der Waals surface area contributed by atoms with Crippen molar-refractivity contribution in [2.24, 2.45) is 0 Å². The Hall–Kier alpha value is -2.09. The van der Waals surface area contributed by atoms with Crippen LogP contribution < -0.4 is 5.32 Å². The van der Waals surface area contributed by atoms with Gasteiger partial charge in [0.25, 0.3) is 0 Å². The van der Waals surface area contributed by atoms with Gasteiger partial charge in [-0.15, -0.1) is 0 Å². The standard InChI is InChI=1S/C13H17N3O2/c1-13(2,3)18-12(17)16-11(7-8-14)10-6-4-5-9-15-10/h4-6,9,11H,7H2,1-3H3,(H,16,17). The van der Waals surface area contributed by atoms with Gasteiger partial charge in [-0.1, -0.05) is 6.07 Å². The second-order valence-electron chi connectivity index (χ2n) is 4.82. The first kappa shape index (κ1) is 14.0. The van der Waals surface area contributed by atoms with Gasteiger partial charge >= 0.3 is 6.09 Å². The Balaban J connectivity index is 2.71. The van der Waals surface area contributed by atoms with E-state index in [1.807, 2.05) is 12.1 Å². The first-order valence-electron chi connectivity index (χ1n) is 5.70. The summed E-state index contributed by atoms with van der Waals surface area (Å²) in [4.78, 5) is 15.8. The van der Waals surface area contributed by atoms with Crippen molar-refractivity contribution in [3.63, 3.8) is 0 Å². The minimum Gasteiger partial charge on any atom is -0.444 e. The minimum absolute atomic E-state index is 0.149.